The Kier molecular flexibility index (Phi) is 5.47. The summed E-state index contributed by atoms with van der Waals surface area (Å²) < 4.78 is 2.40. The Labute approximate surface area is 151 Å². The standard InChI is InChI=1S/C17H28N6O3/c1-2-3-6-22-15(24)13(14(18)19)16(25)23(17(22)26)11-4-7-21(8-5-11)12-9-20-10-12/h11-12,20,24H,2-10H2,1H3,(H3,18,19). The number of nitrogens with zero attached hydrogens (tertiary/aromatic N) is 3. The van der Waals surface area contributed by atoms with Crippen molar-refractivity contribution in [2.45, 2.75) is 51.2 Å². The number of aromatic hydroxyl groups is 1. The number of hydrogen-bond donors (Lipinski definition) is 4. The summed E-state index contributed by atoms with van der Waals surface area (Å²) >= 11 is 0. The zero-order chi connectivity index (χ0) is 18.8. The predicted molar refractivity (Wildman–Crippen MR) is 99.1 cm³/mol. The van der Waals surface area contributed by atoms with Crippen molar-refractivity contribution >= 4 is 5.84 Å². The molecule has 3 rings (SSSR count). The van der Waals surface area contributed by atoms with E-state index in [1.165, 1.54) is 9.13 Å². The molecule has 5 N–H and O–H groups in total. The first-order valence-electron chi connectivity index (χ1n) is 9.33. The molecule has 0 saturated carbocycles. The summed E-state index contributed by atoms with van der Waals surface area (Å²) in [6.45, 7) is 5.91. The fourth-order valence-corrected chi connectivity index (χ4v) is 3.77. The van der Waals surface area contributed by atoms with Gasteiger partial charge in [0, 0.05) is 44.8 Å². The highest BCUT2D eigenvalue weighted by Crippen LogP contribution is 2.23. The van der Waals surface area contributed by atoms with Crippen LogP contribution in [0.2, 0.25) is 0 Å². The molecule has 2 aliphatic rings. The largest absolute Gasteiger partial charge is 0.494 e. The Hall–Kier alpha value is -2.13. The Bertz CT molecular complexity index is 787. The van der Waals surface area contributed by atoms with E-state index < -0.39 is 23.0 Å². The van der Waals surface area contributed by atoms with E-state index in [4.69, 9.17) is 11.1 Å². The third-order valence-electron chi connectivity index (χ3n) is 5.49. The molecule has 9 nitrogen and oxygen atoms in total. The Balaban J connectivity index is 1.95. The Morgan fingerprint density at radius 3 is 2.42 bits per heavy atom. The maximum atomic E-state index is 12.9. The number of nitrogens with one attached hydrogen (secondary N) is 2. The number of unbranched alkanes of at least 4 members (excludes halogenated alkanes) is 1. The van der Waals surface area contributed by atoms with Gasteiger partial charge in [-0.15, -0.1) is 0 Å². The van der Waals surface area contributed by atoms with Crippen LogP contribution in [0.4, 0.5) is 0 Å². The van der Waals surface area contributed by atoms with Gasteiger partial charge in [0.15, 0.2) is 0 Å². The van der Waals surface area contributed by atoms with Crippen LogP contribution in [0.1, 0.15) is 44.2 Å². The van der Waals surface area contributed by atoms with E-state index in [0.717, 1.165) is 32.6 Å². The summed E-state index contributed by atoms with van der Waals surface area (Å²) in [5.74, 6) is -1.00. The van der Waals surface area contributed by atoms with Crippen molar-refractivity contribution in [1.29, 1.82) is 5.41 Å². The molecular weight excluding hydrogens is 336 g/mol. The van der Waals surface area contributed by atoms with Crippen molar-refractivity contribution in [3.8, 4) is 5.88 Å². The number of nitrogens with two attached hydrogens (primary N) is 1. The summed E-state index contributed by atoms with van der Waals surface area (Å²) in [6.07, 6.45) is 2.92. The molecule has 1 aromatic heterocycles. The van der Waals surface area contributed by atoms with Gasteiger partial charge in [-0.1, -0.05) is 13.3 Å². The second-order valence-corrected chi connectivity index (χ2v) is 7.15. The Morgan fingerprint density at radius 2 is 1.92 bits per heavy atom. The smallest absolute Gasteiger partial charge is 0.334 e. The molecule has 0 radical (unpaired) electrons. The first-order valence-corrected chi connectivity index (χ1v) is 9.33. The van der Waals surface area contributed by atoms with E-state index in [1.54, 1.807) is 0 Å². The van der Waals surface area contributed by atoms with Gasteiger partial charge in [-0.2, -0.15) is 0 Å². The average Bonchev–Trinajstić information content (AvgIpc) is 2.54. The third kappa shape index (κ3) is 3.28. The minimum absolute atomic E-state index is 0.231. The van der Waals surface area contributed by atoms with Crippen LogP contribution in [0.3, 0.4) is 0 Å². The van der Waals surface area contributed by atoms with Crippen molar-refractivity contribution in [1.82, 2.24) is 19.4 Å². The highest BCUT2D eigenvalue weighted by molar-refractivity contribution is 5.96. The molecular formula is C17H28N6O3. The average molecular weight is 364 g/mol. The lowest BCUT2D eigenvalue weighted by Crippen LogP contribution is -2.59. The second-order valence-electron chi connectivity index (χ2n) is 7.15. The zero-order valence-electron chi connectivity index (χ0n) is 15.2. The lowest BCUT2D eigenvalue weighted by atomic mass is 10.0. The van der Waals surface area contributed by atoms with Crippen LogP contribution in [0.15, 0.2) is 9.59 Å². The van der Waals surface area contributed by atoms with E-state index in [1.807, 2.05) is 6.92 Å². The van der Waals surface area contributed by atoms with Crippen molar-refractivity contribution in [3.05, 3.63) is 26.4 Å². The van der Waals surface area contributed by atoms with E-state index in [2.05, 4.69) is 10.2 Å². The molecule has 0 bridgehead atoms. The van der Waals surface area contributed by atoms with Gasteiger partial charge in [-0.25, -0.2) is 4.79 Å². The molecule has 0 amide bonds. The quantitative estimate of drug-likeness (QED) is 0.394. The number of aromatic nitrogens is 2. The van der Waals surface area contributed by atoms with E-state index in [0.29, 0.717) is 31.8 Å². The number of rotatable bonds is 6. The fourth-order valence-electron chi connectivity index (χ4n) is 3.77. The SMILES string of the molecule is CCCCn1c(O)c(C(=N)N)c(=O)n(C2CCN(C3CNC3)CC2)c1=O. The third-order valence-corrected chi connectivity index (χ3v) is 5.49. The summed E-state index contributed by atoms with van der Waals surface area (Å²) in [5.41, 5.74) is 4.10. The Morgan fingerprint density at radius 1 is 1.27 bits per heavy atom. The maximum absolute atomic E-state index is 12.9. The normalized spacial score (nSPS) is 19.4. The van der Waals surface area contributed by atoms with Crippen LogP contribution in [0, 0.1) is 5.41 Å². The van der Waals surface area contributed by atoms with Gasteiger partial charge in [0.25, 0.3) is 5.56 Å². The van der Waals surface area contributed by atoms with Crippen molar-refractivity contribution in [2.75, 3.05) is 26.2 Å². The maximum Gasteiger partial charge on any atom is 0.334 e. The minimum atomic E-state index is -0.656. The summed E-state index contributed by atoms with van der Waals surface area (Å²) in [4.78, 5) is 28.1. The van der Waals surface area contributed by atoms with Crippen molar-refractivity contribution < 1.29 is 5.11 Å². The van der Waals surface area contributed by atoms with Crippen LogP contribution in [-0.4, -0.2) is 57.2 Å². The molecule has 0 aliphatic carbocycles. The number of nitrogen functional groups attached to an aromatic ring is 1. The van der Waals surface area contributed by atoms with Crippen LogP contribution in [0.5, 0.6) is 5.88 Å². The van der Waals surface area contributed by atoms with Gasteiger partial charge in [-0.3, -0.25) is 24.2 Å². The molecule has 9 heteroatoms. The van der Waals surface area contributed by atoms with Crippen LogP contribution in [0.25, 0.3) is 0 Å². The van der Waals surface area contributed by atoms with E-state index in [9.17, 15) is 14.7 Å². The number of amidine groups is 1. The molecule has 26 heavy (non-hydrogen) atoms. The van der Waals surface area contributed by atoms with Gasteiger partial charge in [0.2, 0.25) is 5.88 Å². The van der Waals surface area contributed by atoms with Gasteiger partial charge < -0.3 is 16.2 Å². The highest BCUT2D eigenvalue weighted by Gasteiger charge is 2.31. The summed E-state index contributed by atoms with van der Waals surface area (Å²) in [5, 5.41) is 21.3. The monoisotopic (exact) mass is 364 g/mol. The number of piperidine rings is 1. The van der Waals surface area contributed by atoms with Gasteiger partial charge >= 0.3 is 5.69 Å². The first-order chi connectivity index (χ1) is 12.5. The highest BCUT2D eigenvalue weighted by atomic mass is 16.3. The molecule has 2 fully saturated rings. The zero-order valence-corrected chi connectivity index (χ0v) is 15.2. The fraction of sp³-hybridized carbons (Fsp3) is 0.706. The predicted octanol–water partition coefficient (Wildman–Crippen LogP) is -0.592. The molecule has 3 heterocycles. The minimum Gasteiger partial charge on any atom is -0.494 e. The lowest BCUT2D eigenvalue weighted by Gasteiger charge is -2.42. The molecule has 2 aliphatic heterocycles. The van der Waals surface area contributed by atoms with Crippen LogP contribution in [-0.2, 0) is 6.54 Å². The topological polar surface area (TPSA) is 129 Å². The van der Waals surface area contributed by atoms with E-state index in [-0.39, 0.29) is 11.6 Å². The number of hydrogen-bond acceptors (Lipinski definition) is 6. The molecule has 1 aromatic rings. The molecule has 0 spiro atoms. The van der Waals surface area contributed by atoms with E-state index >= 15 is 0 Å². The van der Waals surface area contributed by atoms with Gasteiger partial charge in [0.1, 0.15) is 11.4 Å². The van der Waals surface area contributed by atoms with Gasteiger partial charge in [-0.05, 0) is 19.3 Å². The lowest BCUT2D eigenvalue weighted by molar-refractivity contribution is 0.0984. The molecule has 0 unspecified atom stereocenters. The molecule has 0 atom stereocenters. The van der Waals surface area contributed by atoms with Crippen LogP contribution >= 0.6 is 0 Å². The molecule has 0 aromatic carbocycles. The van der Waals surface area contributed by atoms with Crippen molar-refractivity contribution in [3.63, 3.8) is 0 Å². The van der Waals surface area contributed by atoms with Gasteiger partial charge in [0.05, 0.1) is 0 Å². The second kappa shape index (κ2) is 7.63. The summed E-state index contributed by atoms with van der Waals surface area (Å²) in [6, 6.07) is 0.312. The van der Waals surface area contributed by atoms with Crippen molar-refractivity contribution in [2.24, 2.45) is 5.73 Å². The van der Waals surface area contributed by atoms with Crippen LogP contribution < -0.4 is 22.3 Å². The number of likely N-dealkylation sites (tertiary alicyclic amines) is 1. The molecule has 2 saturated heterocycles. The molecule has 144 valence electrons. The first kappa shape index (κ1) is 18.7. The summed E-state index contributed by atoms with van der Waals surface area (Å²) in [7, 11) is 0.